The number of aromatic nitrogens is 3. The highest BCUT2D eigenvalue weighted by Crippen LogP contribution is 2.26. The van der Waals surface area contributed by atoms with Crippen molar-refractivity contribution < 1.29 is 9.15 Å². The lowest BCUT2D eigenvalue weighted by Crippen LogP contribution is -1.98. The predicted octanol–water partition coefficient (Wildman–Crippen LogP) is 5.51. The number of imidazole rings is 1. The minimum Gasteiger partial charge on any atom is -0.487 e. The zero-order chi connectivity index (χ0) is 19.2. The quantitative estimate of drug-likeness (QED) is 0.352. The highest BCUT2D eigenvalue weighted by Gasteiger charge is 2.12. The van der Waals surface area contributed by atoms with Crippen molar-refractivity contribution in [2.75, 3.05) is 0 Å². The third-order valence-electron chi connectivity index (χ3n) is 4.61. The summed E-state index contributed by atoms with van der Waals surface area (Å²) >= 11 is 1.62. The molecule has 0 spiro atoms. The predicted molar refractivity (Wildman–Crippen MR) is 110 cm³/mol. The van der Waals surface area contributed by atoms with Gasteiger partial charge < -0.3 is 13.7 Å². The molecule has 0 aliphatic carbocycles. The number of thiophene rings is 1. The fourth-order valence-electron chi connectivity index (χ4n) is 3.01. The van der Waals surface area contributed by atoms with Crippen LogP contribution < -0.4 is 4.74 Å². The lowest BCUT2D eigenvalue weighted by atomic mass is 10.1. The number of rotatable bonds is 9. The van der Waals surface area contributed by atoms with E-state index in [0.717, 1.165) is 47.9 Å². The fourth-order valence-corrected chi connectivity index (χ4v) is 3.66. The minimum absolute atomic E-state index is 0.408. The number of hydrogen-bond donors (Lipinski definition) is 0. The Morgan fingerprint density at radius 2 is 2.04 bits per heavy atom. The average Bonchev–Trinajstić information content (AvgIpc) is 3.47. The van der Waals surface area contributed by atoms with Gasteiger partial charge in [0.2, 0.25) is 5.89 Å². The van der Waals surface area contributed by atoms with Crippen LogP contribution >= 0.6 is 11.3 Å². The van der Waals surface area contributed by atoms with Crippen molar-refractivity contribution in [2.24, 2.45) is 0 Å². The molecule has 4 rings (SSSR count). The summed E-state index contributed by atoms with van der Waals surface area (Å²) in [5.41, 5.74) is 2.17. The van der Waals surface area contributed by atoms with Crippen molar-refractivity contribution in [3.05, 3.63) is 77.5 Å². The first kappa shape index (κ1) is 18.5. The van der Waals surface area contributed by atoms with Gasteiger partial charge in [0.1, 0.15) is 23.8 Å². The van der Waals surface area contributed by atoms with Crippen molar-refractivity contribution in [2.45, 2.75) is 39.3 Å². The molecule has 3 aromatic heterocycles. The molecular formula is C22H23N3O2S. The summed E-state index contributed by atoms with van der Waals surface area (Å²) < 4.78 is 13.8. The van der Waals surface area contributed by atoms with Crippen molar-refractivity contribution >= 4 is 11.3 Å². The summed E-state index contributed by atoms with van der Waals surface area (Å²) in [7, 11) is 0. The smallest absolute Gasteiger partial charge is 0.236 e. The largest absolute Gasteiger partial charge is 0.487 e. The summed E-state index contributed by atoms with van der Waals surface area (Å²) in [6, 6.07) is 12.3. The van der Waals surface area contributed by atoms with E-state index in [2.05, 4.69) is 26.7 Å². The topological polar surface area (TPSA) is 53.1 Å². The standard InChI is InChI=1S/C22H23N3O2S/c1-17-20(24-22(27-17)21-6-4-14-28-21)15-26-19-9-7-18(8-10-19)5-2-3-12-25-13-11-23-16-25/h4,6-11,13-14,16H,2-3,5,12,15H2,1H3. The molecule has 4 aromatic rings. The summed E-state index contributed by atoms with van der Waals surface area (Å²) in [5, 5.41) is 2.02. The van der Waals surface area contributed by atoms with E-state index >= 15 is 0 Å². The van der Waals surface area contributed by atoms with Crippen LogP contribution in [-0.2, 0) is 19.6 Å². The number of benzene rings is 1. The Kier molecular flexibility index (Phi) is 5.87. The highest BCUT2D eigenvalue weighted by atomic mass is 32.1. The van der Waals surface area contributed by atoms with Gasteiger partial charge in [-0.25, -0.2) is 9.97 Å². The van der Waals surface area contributed by atoms with Gasteiger partial charge >= 0.3 is 0 Å². The normalized spacial score (nSPS) is 11.0. The first-order valence-corrected chi connectivity index (χ1v) is 10.3. The Bertz CT molecular complexity index is 974. The second kappa shape index (κ2) is 8.89. The van der Waals surface area contributed by atoms with E-state index in [1.54, 1.807) is 11.3 Å². The van der Waals surface area contributed by atoms with Gasteiger partial charge in [-0.05, 0) is 55.3 Å². The minimum atomic E-state index is 0.408. The number of ether oxygens (including phenoxy) is 1. The SMILES string of the molecule is Cc1oc(-c2cccs2)nc1COc1ccc(CCCCn2ccnc2)cc1. The van der Waals surface area contributed by atoms with Crippen LogP contribution in [0.4, 0.5) is 0 Å². The van der Waals surface area contributed by atoms with E-state index in [0.29, 0.717) is 12.5 Å². The monoisotopic (exact) mass is 393 g/mol. The van der Waals surface area contributed by atoms with Crippen LogP contribution in [0.3, 0.4) is 0 Å². The number of hydrogen-bond acceptors (Lipinski definition) is 5. The zero-order valence-corrected chi connectivity index (χ0v) is 16.7. The van der Waals surface area contributed by atoms with Gasteiger partial charge in [-0.2, -0.15) is 0 Å². The molecule has 0 fully saturated rings. The van der Waals surface area contributed by atoms with Gasteiger partial charge in [-0.3, -0.25) is 0 Å². The average molecular weight is 394 g/mol. The molecule has 3 heterocycles. The van der Waals surface area contributed by atoms with E-state index in [9.17, 15) is 0 Å². The molecule has 0 aliphatic heterocycles. The van der Waals surface area contributed by atoms with E-state index in [1.165, 1.54) is 5.56 Å². The number of aryl methyl sites for hydroxylation is 3. The fraction of sp³-hybridized carbons (Fsp3) is 0.273. The lowest BCUT2D eigenvalue weighted by molar-refractivity contribution is 0.299. The molecule has 6 heteroatoms. The van der Waals surface area contributed by atoms with Crippen LogP contribution in [0.1, 0.15) is 29.9 Å². The molecule has 0 N–H and O–H groups in total. The maximum absolute atomic E-state index is 5.90. The number of nitrogens with zero attached hydrogens (tertiary/aromatic N) is 3. The van der Waals surface area contributed by atoms with Gasteiger partial charge in [-0.15, -0.1) is 11.3 Å². The van der Waals surface area contributed by atoms with E-state index in [-0.39, 0.29) is 0 Å². The molecule has 0 bridgehead atoms. The summed E-state index contributed by atoms with van der Waals surface area (Å²) in [4.78, 5) is 9.67. The zero-order valence-electron chi connectivity index (χ0n) is 15.9. The molecule has 0 radical (unpaired) electrons. The molecule has 0 atom stereocenters. The molecular weight excluding hydrogens is 370 g/mol. The molecule has 5 nitrogen and oxygen atoms in total. The summed E-state index contributed by atoms with van der Waals surface area (Å²) in [5.74, 6) is 2.32. The van der Waals surface area contributed by atoms with Gasteiger partial charge in [0, 0.05) is 18.9 Å². The molecule has 28 heavy (non-hydrogen) atoms. The highest BCUT2D eigenvalue weighted by molar-refractivity contribution is 7.13. The lowest BCUT2D eigenvalue weighted by Gasteiger charge is -2.07. The van der Waals surface area contributed by atoms with Crippen molar-refractivity contribution in [3.63, 3.8) is 0 Å². The summed E-state index contributed by atoms with van der Waals surface area (Å²) in [6.07, 6.45) is 9.07. The van der Waals surface area contributed by atoms with Gasteiger partial charge in [0.15, 0.2) is 0 Å². The molecule has 1 aromatic carbocycles. The molecule has 0 unspecified atom stereocenters. The van der Waals surface area contributed by atoms with Crippen LogP contribution in [0.25, 0.3) is 10.8 Å². The Balaban J connectivity index is 1.25. The van der Waals surface area contributed by atoms with Crippen LogP contribution in [-0.4, -0.2) is 14.5 Å². The van der Waals surface area contributed by atoms with Gasteiger partial charge in [0.25, 0.3) is 0 Å². The maximum Gasteiger partial charge on any atom is 0.236 e. The van der Waals surface area contributed by atoms with E-state index < -0.39 is 0 Å². The third kappa shape index (κ3) is 4.70. The molecule has 0 saturated heterocycles. The Morgan fingerprint density at radius 3 is 2.79 bits per heavy atom. The Labute approximate surface area is 168 Å². The molecule has 0 aliphatic rings. The van der Waals surface area contributed by atoms with E-state index in [4.69, 9.17) is 9.15 Å². The number of oxazole rings is 1. The first-order chi connectivity index (χ1) is 13.8. The van der Waals surface area contributed by atoms with Crippen LogP contribution in [0.2, 0.25) is 0 Å². The van der Waals surface area contributed by atoms with Crippen molar-refractivity contribution in [3.8, 4) is 16.5 Å². The van der Waals surface area contributed by atoms with Crippen LogP contribution in [0.5, 0.6) is 5.75 Å². The van der Waals surface area contributed by atoms with Crippen molar-refractivity contribution in [1.29, 1.82) is 0 Å². The summed E-state index contributed by atoms with van der Waals surface area (Å²) in [6.45, 7) is 3.35. The van der Waals surface area contributed by atoms with Gasteiger partial charge in [-0.1, -0.05) is 18.2 Å². The molecule has 0 amide bonds. The third-order valence-corrected chi connectivity index (χ3v) is 5.47. The molecule has 0 saturated carbocycles. The van der Waals surface area contributed by atoms with Crippen LogP contribution in [0, 0.1) is 6.92 Å². The second-order valence-electron chi connectivity index (χ2n) is 6.69. The van der Waals surface area contributed by atoms with Gasteiger partial charge in [0.05, 0.1) is 11.2 Å². The maximum atomic E-state index is 5.90. The van der Waals surface area contributed by atoms with Crippen molar-refractivity contribution in [1.82, 2.24) is 14.5 Å². The molecule has 144 valence electrons. The second-order valence-corrected chi connectivity index (χ2v) is 7.64. The van der Waals surface area contributed by atoms with E-state index in [1.807, 2.05) is 55.3 Å². The Morgan fingerprint density at radius 1 is 1.14 bits per heavy atom. The number of unbranched alkanes of at least 4 members (excludes halogenated alkanes) is 1. The first-order valence-electron chi connectivity index (χ1n) is 9.45. The Hall–Kier alpha value is -2.86. The van der Waals surface area contributed by atoms with Crippen LogP contribution in [0.15, 0.2) is 64.9 Å².